The lowest BCUT2D eigenvalue weighted by molar-refractivity contribution is -0.129. The molecular weight excluding hydrogens is 496 g/mol. The quantitative estimate of drug-likeness (QED) is 0.344. The SMILES string of the molecule is CC1(C)ON=C(c2ccc(OCCO)cc2)O1.CC1(C)ON=C(c2ccc(OCCOCC3CO3)cc2)O1. The lowest BCUT2D eigenvalue weighted by atomic mass is 10.2. The van der Waals surface area contributed by atoms with Crippen LogP contribution in [0.15, 0.2) is 58.8 Å². The van der Waals surface area contributed by atoms with Crippen LogP contribution in [0.1, 0.15) is 38.8 Å². The van der Waals surface area contributed by atoms with Crippen molar-refractivity contribution in [1.29, 1.82) is 0 Å². The molecule has 38 heavy (non-hydrogen) atoms. The molecule has 0 spiro atoms. The molecule has 1 unspecified atom stereocenters. The summed E-state index contributed by atoms with van der Waals surface area (Å²) in [6, 6.07) is 14.8. The Labute approximate surface area is 221 Å². The zero-order chi connectivity index (χ0) is 27.0. The molecule has 3 aliphatic heterocycles. The average molecular weight is 531 g/mol. The molecule has 206 valence electrons. The average Bonchev–Trinajstić information content (AvgIpc) is 3.55. The Morgan fingerprint density at radius 3 is 1.63 bits per heavy atom. The molecule has 1 atom stereocenters. The number of oxime groups is 2. The molecule has 11 nitrogen and oxygen atoms in total. The van der Waals surface area contributed by atoms with Gasteiger partial charge in [0.2, 0.25) is 0 Å². The maximum absolute atomic E-state index is 8.63. The highest BCUT2D eigenvalue weighted by molar-refractivity contribution is 5.95. The lowest BCUT2D eigenvalue weighted by Gasteiger charge is -2.14. The minimum absolute atomic E-state index is 0.000397. The fourth-order valence-corrected chi connectivity index (χ4v) is 3.21. The first-order valence-corrected chi connectivity index (χ1v) is 12.4. The van der Waals surface area contributed by atoms with Gasteiger partial charge in [-0.15, -0.1) is 0 Å². The van der Waals surface area contributed by atoms with E-state index in [4.69, 9.17) is 43.2 Å². The Morgan fingerprint density at radius 1 is 0.763 bits per heavy atom. The predicted molar refractivity (Wildman–Crippen MR) is 137 cm³/mol. The number of epoxide rings is 1. The van der Waals surface area contributed by atoms with Gasteiger partial charge in [0.25, 0.3) is 23.4 Å². The zero-order valence-corrected chi connectivity index (χ0v) is 22.0. The largest absolute Gasteiger partial charge is 0.491 e. The van der Waals surface area contributed by atoms with Crippen molar-refractivity contribution in [1.82, 2.24) is 0 Å². The first-order valence-electron chi connectivity index (χ1n) is 12.4. The number of aliphatic hydroxyl groups excluding tert-OH is 1. The Hall–Kier alpha value is -3.54. The van der Waals surface area contributed by atoms with Crippen molar-refractivity contribution < 1.29 is 43.2 Å². The van der Waals surface area contributed by atoms with Gasteiger partial charge in [0.1, 0.15) is 30.8 Å². The molecular formula is C27H34N2O9. The van der Waals surface area contributed by atoms with Gasteiger partial charge in [-0.2, -0.15) is 0 Å². The van der Waals surface area contributed by atoms with E-state index in [1.807, 2.05) is 50.2 Å². The number of hydrogen-bond acceptors (Lipinski definition) is 11. The maximum Gasteiger partial charge on any atom is 0.271 e. The van der Waals surface area contributed by atoms with E-state index >= 15 is 0 Å². The molecule has 5 rings (SSSR count). The molecule has 0 aromatic heterocycles. The fraction of sp³-hybridized carbons (Fsp3) is 0.481. The highest BCUT2D eigenvalue weighted by Crippen LogP contribution is 2.24. The highest BCUT2D eigenvalue weighted by atomic mass is 16.8. The van der Waals surface area contributed by atoms with Crippen LogP contribution in [0, 0.1) is 0 Å². The third-order valence-corrected chi connectivity index (χ3v) is 5.15. The molecule has 3 heterocycles. The van der Waals surface area contributed by atoms with E-state index in [0.717, 1.165) is 23.5 Å². The van der Waals surface area contributed by atoms with E-state index < -0.39 is 11.6 Å². The van der Waals surface area contributed by atoms with Gasteiger partial charge in [0, 0.05) is 38.8 Å². The zero-order valence-electron chi connectivity index (χ0n) is 22.0. The van der Waals surface area contributed by atoms with Crippen LogP contribution in [-0.2, 0) is 28.6 Å². The highest BCUT2D eigenvalue weighted by Gasteiger charge is 2.31. The first kappa shape index (κ1) is 27.5. The molecule has 0 radical (unpaired) electrons. The molecule has 0 amide bonds. The van der Waals surface area contributed by atoms with E-state index in [-0.39, 0.29) is 13.2 Å². The number of ether oxygens (including phenoxy) is 6. The normalized spacial score (nSPS) is 19.9. The molecule has 1 saturated heterocycles. The number of benzene rings is 2. The Bertz CT molecular complexity index is 1090. The van der Waals surface area contributed by atoms with E-state index in [0.29, 0.717) is 43.5 Å². The van der Waals surface area contributed by atoms with Crippen molar-refractivity contribution in [3.05, 3.63) is 59.7 Å². The lowest BCUT2D eigenvalue weighted by Crippen LogP contribution is -2.22. The molecule has 0 bridgehead atoms. The van der Waals surface area contributed by atoms with Gasteiger partial charge in [0.15, 0.2) is 0 Å². The summed E-state index contributed by atoms with van der Waals surface area (Å²) in [5.41, 5.74) is 1.68. The smallest absolute Gasteiger partial charge is 0.271 e. The van der Waals surface area contributed by atoms with Crippen molar-refractivity contribution >= 4 is 11.8 Å². The molecule has 0 aliphatic carbocycles. The van der Waals surface area contributed by atoms with E-state index in [9.17, 15) is 0 Å². The van der Waals surface area contributed by atoms with Crippen LogP contribution in [0.5, 0.6) is 11.5 Å². The van der Waals surface area contributed by atoms with Crippen LogP contribution in [0.3, 0.4) is 0 Å². The summed E-state index contributed by atoms with van der Waals surface area (Å²) in [7, 11) is 0. The Morgan fingerprint density at radius 2 is 1.24 bits per heavy atom. The number of hydrogen-bond donors (Lipinski definition) is 1. The molecule has 3 aliphatic rings. The van der Waals surface area contributed by atoms with Gasteiger partial charge in [-0.3, -0.25) is 0 Å². The van der Waals surface area contributed by atoms with E-state index in [1.165, 1.54) is 0 Å². The minimum atomic E-state index is -0.707. The summed E-state index contributed by atoms with van der Waals surface area (Å²) in [4.78, 5) is 10.3. The Kier molecular flexibility index (Phi) is 8.93. The topological polar surface area (TPSA) is 122 Å². The molecule has 1 N–H and O–H groups in total. The van der Waals surface area contributed by atoms with Gasteiger partial charge >= 0.3 is 0 Å². The summed E-state index contributed by atoms with van der Waals surface area (Å²) in [5.74, 6) is 1.02. The van der Waals surface area contributed by atoms with Crippen LogP contribution in [-0.4, -0.2) is 74.2 Å². The van der Waals surface area contributed by atoms with Crippen LogP contribution >= 0.6 is 0 Å². The second kappa shape index (κ2) is 12.3. The number of rotatable bonds is 11. The van der Waals surface area contributed by atoms with Crippen LogP contribution in [0.2, 0.25) is 0 Å². The van der Waals surface area contributed by atoms with Gasteiger partial charge in [-0.1, -0.05) is 0 Å². The van der Waals surface area contributed by atoms with Crippen molar-refractivity contribution in [2.75, 3.05) is 39.6 Å². The Balaban J connectivity index is 0.000000181. The standard InChI is InChI=1S/C15H19NO5.C12H15NO4/c1-15(2)20-14(16-21-15)11-3-5-12(6-4-11)18-8-7-17-9-13-10-19-13;1-12(2)16-11(13-17-12)9-3-5-10(6-4-9)15-8-7-14/h3-6,13H,7-10H2,1-2H3;3-6,14H,7-8H2,1-2H3. The number of nitrogens with zero attached hydrogens (tertiary/aromatic N) is 2. The minimum Gasteiger partial charge on any atom is -0.491 e. The fourth-order valence-electron chi connectivity index (χ4n) is 3.21. The molecule has 11 heteroatoms. The number of aliphatic hydroxyl groups is 1. The molecule has 1 fully saturated rings. The molecule has 2 aromatic carbocycles. The van der Waals surface area contributed by atoms with Crippen molar-refractivity contribution in [2.45, 2.75) is 45.4 Å². The second-order valence-electron chi connectivity index (χ2n) is 9.48. The first-order chi connectivity index (χ1) is 18.2. The summed E-state index contributed by atoms with van der Waals surface area (Å²) >= 11 is 0. The summed E-state index contributed by atoms with van der Waals surface area (Å²) in [6.07, 6.45) is 0.294. The molecule has 0 saturated carbocycles. The van der Waals surface area contributed by atoms with E-state index in [2.05, 4.69) is 10.3 Å². The van der Waals surface area contributed by atoms with Crippen molar-refractivity contribution in [2.24, 2.45) is 10.3 Å². The van der Waals surface area contributed by atoms with Gasteiger partial charge in [0.05, 0.1) is 26.4 Å². The van der Waals surface area contributed by atoms with E-state index in [1.54, 1.807) is 26.0 Å². The van der Waals surface area contributed by atoms with Crippen molar-refractivity contribution in [3.8, 4) is 11.5 Å². The summed E-state index contributed by atoms with van der Waals surface area (Å²) < 4.78 is 32.4. The predicted octanol–water partition coefficient (Wildman–Crippen LogP) is 3.43. The second-order valence-corrected chi connectivity index (χ2v) is 9.48. The van der Waals surface area contributed by atoms with Gasteiger partial charge in [-0.05, 0) is 58.8 Å². The third kappa shape index (κ3) is 8.51. The molecule has 2 aromatic rings. The van der Waals surface area contributed by atoms with Gasteiger partial charge < -0.3 is 43.2 Å². The van der Waals surface area contributed by atoms with Crippen LogP contribution < -0.4 is 9.47 Å². The monoisotopic (exact) mass is 530 g/mol. The van der Waals surface area contributed by atoms with Gasteiger partial charge in [-0.25, -0.2) is 0 Å². The maximum atomic E-state index is 8.63. The summed E-state index contributed by atoms with van der Waals surface area (Å²) in [6.45, 7) is 10.0. The van der Waals surface area contributed by atoms with Crippen molar-refractivity contribution in [3.63, 3.8) is 0 Å². The third-order valence-electron chi connectivity index (χ3n) is 5.15. The van der Waals surface area contributed by atoms with Crippen LogP contribution in [0.4, 0.5) is 0 Å². The summed E-state index contributed by atoms with van der Waals surface area (Å²) in [5, 5.41) is 16.4. The van der Waals surface area contributed by atoms with Crippen LogP contribution in [0.25, 0.3) is 0 Å².